The maximum absolute atomic E-state index is 13.2. The average Bonchev–Trinajstić information content (AvgIpc) is 2.76. The van der Waals surface area contributed by atoms with Crippen molar-refractivity contribution >= 4 is 28.9 Å². The normalized spacial score (nSPS) is 17.7. The van der Waals surface area contributed by atoms with Gasteiger partial charge in [0.1, 0.15) is 11.5 Å². The van der Waals surface area contributed by atoms with Crippen LogP contribution < -0.4 is 4.90 Å². The molecule has 2 rings (SSSR count). The number of hydrogen-bond donors (Lipinski definition) is 0. The van der Waals surface area contributed by atoms with Gasteiger partial charge in [-0.3, -0.25) is 14.9 Å². The van der Waals surface area contributed by atoms with Crippen LogP contribution in [0.1, 0.15) is 6.42 Å². The van der Waals surface area contributed by atoms with Gasteiger partial charge in [-0.1, -0.05) is 16.7 Å². The summed E-state index contributed by atoms with van der Waals surface area (Å²) in [6, 6.07) is 1.63. The van der Waals surface area contributed by atoms with Gasteiger partial charge in [-0.15, -0.1) is 0 Å². The van der Waals surface area contributed by atoms with Crippen LogP contribution in [0.25, 0.3) is 10.4 Å². The van der Waals surface area contributed by atoms with E-state index in [2.05, 4.69) is 10.0 Å². The summed E-state index contributed by atoms with van der Waals surface area (Å²) in [5.41, 5.74) is 7.57. The predicted molar refractivity (Wildman–Crippen MR) is 72.5 cm³/mol. The van der Waals surface area contributed by atoms with Crippen molar-refractivity contribution in [1.29, 1.82) is 0 Å². The second kappa shape index (κ2) is 5.94. The highest BCUT2D eigenvalue weighted by atomic mass is 35.5. The van der Waals surface area contributed by atoms with E-state index in [1.807, 2.05) is 0 Å². The van der Waals surface area contributed by atoms with Gasteiger partial charge in [0.25, 0.3) is 5.69 Å². The van der Waals surface area contributed by atoms with Crippen molar-refractivity contribution < 1.29 is 14.1 Å². The fourth-order valence-electron chi connectivity index (χ4n) is 2.23. The summed E-state index contributed by atoms with van der Waals surface area (Å²) in [5.74, 6) is -1.49. The van der Waals surface area contributed by atoms with E-state index < -0.39 is 16.4 Å². The Kier molecular flexibility index (Phi) is 4.25. The molecule has 21 heavy (non-hydrogen) atoms. The number of azide groups is 1. The van der Waals surface area contributed by atoms with Crippen LogP contribution in [0.15, 0.2) is 17.2 Å². The standard InChI is InChI=1S/C11H9ClFN5O3/c12-8-2-7(13)3-9(18(20)21)11(8)17-5-6(1-10(17)19)4-15-16-14/h2-3,6H,1,4-5H2. The lowest BCUT2D eigenvalue weighted by Crippen LogP contribution is -2.26. The third-order valence-corrected chi connectivity index (χ3v) is 3.37. The van der Waals surface area contributed by atoms with Crippen molar-refractivity contribution in [2.75, 3.05) is 18.0 Å². The number of hydrogen-bond acceptors (Lipinski definition) is 4. The molecule has 8 nitrogen and oxygen atoms in total. The molecule has 1 aliphatic rings. The molecule has 1 heterocycles. The molecule has 1 aromatic rings. The minimum absolute atomic E-state index is 0.0872. The van der Waals surface area contributed by atoms with E-state index in [1.54, 1.807) is 0 Å². The minimum atomic E-state index is -0.854. The molecule has 0 aliphatic carbocycles. The van der Waals surface area contributed by atoms with Crippen molar-refractivity contribution in [3.8, 4) is 0 Å². The Hall–Kier alpha value is -2.38. The number of carbonyl (C=O) groups is 1. The zero-order valence-corrected chi connectivity index (χ0v) is 11.3. The Balaban J connectivity index is 2.40. The fourth-order valence-corrected chi connectivity index (χ4v) is 2.53. The van der Waals surface area contributed by atoms with Gasteiger partial charge in [0.2, 0.25) is 5.91 Å². The Morgan fingerprint density at radius 1 is 1.62 bits per heavy atom. The Morgan fingerprint density at radius 2 is 2.33 bits per heavy atom. The smallest absolute Gasteiger partial charge is 0.297 e. The van der Waals surface area contributed by atoms with Crippen molar-refractivity contribution in [1.82, 2.24) is 0 Å². The van der Waals surface area contributed by atoms with E-state index in [9.17, 15) is 19.3 Å². The van der Waals surface area contributed by atoms with Crippen LogP contribution in [0.5, 0.6) is 0 Å². The molecule has 0 N–H and O–H groups in total. The van der Waals surface area contributed by atoms with E-state index in [1.165, 1.54) is 0 Å². The predicted octanol–water partition coefficient (Wildman–Crippen LogP) is 3.05. The van der Waals surface area contributed by atoms with Crippen molar-refractivity contribution in [3.63, 3.8) is 0 Å². The van der Waals surface area contributed by atoms with Gasteiger partial charge in [0.15, 0.2) is 0 Å². The number of nitro benzene ring substituents is 1. The first-order valence-electron chi connectivity index (χ1n) is 5.88. The third kappa shape index (κ3) is 3.04. The molecule has 1 aliphatic heterocycles. The number of nitro groups is 1. The molecule has 1 atom stereocenters. The van der Waals surface area contributed by atoms with E-state index in [0.717, 1.165) is 17.0 Å². The summed E-state index contributed by atoms with van der Waals surface area (Å²) in [7, 11) is 0. The monoisotopic (exact) mass is 313 g/mol. The number of halogens is 2. The second-order valence-corrected chi connectivity index (χ2v) is 4.91. The van der Waals surface area contributed by atoms with Gasteiger partial charge in [-0.05, 0) is 17.5 Å². The molecule has 10 heteroatoms. The van der Waals surface area contributed by atoms with Crippen LogP contribution in [0.2, 0.25) is 5.02 Å². The van der Waals surface area contributed by atoms with Crippen LogP contribution >= 0.6 is 11.6 Å². The maximum atomic E-state index is 13.2. The number of rotatable bonds is 4. The van der Waals surface area contributed by atoms with Crippen LogP contribution in [0.3, 0.4) is 0 Å². The SMILES string of the molecule is [N-]=[N+]=NCC1CC(=O)N(c2c(Cl)cc(F)cc2[N+](=O)[O-])C1. The molecule has 1 fully saturated rings. The zero-order valence-electron chi connectivity index (χ0n) is 10.6. The van der Waals surface area contributed by atoms with Crippen LogP contribution in [-0.4, -0.2) is 23.9 Å². The van der Waals surface area contributed by atoms with Crippen LogP contribution in [0.4, 0.5) is 15.8 Å². The van der Waals surface area contributed by atoms with Crippen molar-refractivity contribution in [2.24, 2.45) is 11.0 Å². The fraction of sp³-hybridized carbons (Fsp3) is 0.364. The molecule has 0 saturated carbocycles. The van der Waals surface area contributed by atoms with E-state index in [4.69, 9.17) is 17.1 Å². The lowest BCUT2D eigenvalue weighted by Gasteiger charge is -2.18. The molecule has 1 aromatic carbocycles. The number of benzene rings is 1. The number of nitrogens with zero attached hydrogens (tertiary/aromatic N) is 5. The number of amides is 1. The van der Waals surface area contributed by atoms with Gasteiger partial charge in [0, 0.05) is 24.4 Å². The van der Waals surface area contributed by atoms with E-state index in [0.29, 0.717) is 0 Å². The van der Waals surface area contributed by atoms with Gasteiger partial charge in [0.05, 0.1) is 16.0 Å². The highest BCUT2D eigenvalue weighted by molar-refractivity contribution is 6.34. The Bertz CT molecular complexity index is 662. The zero-order chi connectivity index (χ0) is 15.6. The summed E-state index contributed by atoms with van der Waals surface area (Å²) in [4.78, 5) is 25.9. The molecule has 0 radical (unpaired) electrons. The highest BCUT2D eigenvalue weighted by Gasteiger charge is 2.35. The molecular weight excluding hydrogens is 305 g/mol. The van der Waals surface area contributed by atoms with Gasteiger partial charge >= 0.3 is 0 Å². The summed E-state index contributed by atoms with van der Waals surface area (Å²) in [6.07, 6.45) is 0.0872. The first-order chi connectivity index (χ1) is 9.93. The lowest BCUT2D eigenvalue weighted by molar-refractivity contribution is -0.384. The Morgan fingerprint density at radius 3 is 2.95 bits per heavy atom. The third-order valence-electron chi connectivity index (χ3n) is 3.08. The summed E-state index contributed by atoms with van der Waals surface area (Å²) < 4.78 is 13.2. The first-order valence-corrected chi connectivity index (χ1v) is 6.26. The van der Waals surface area contributed by atoms with Gasteiger partial charge in [-0.2, -0.15) is 0 Å². The summed E-state index contributed by atoms with van der Waals surface area (Å²) >= 11 is 5.86. The second-order valence-electron chi connectivity index (χ2n) is 4.50. The first kappa shape index (κ1) is 15.0. The largest absolute Gasteiger partial charge is 0.305 e. The van der Waals surface area contributed by atoms with E-state index >= 15 is 0 Å². The maximum Gasteiger partial charge on any atom is 0.297 e. The number of carbonyl (C=O) groups excluding carboxylic acids is 1. The lowest BCUT2D eigenvalue weighted by atomic mass is 10.1. The molecule has 1 saturated heterocycles. The van der Waals surface area contributed by atoms with Crippen molar-refractivity contribution in [2.45, 2.75) is 6.42 Å². The molecule has 1 amide bonds. The molecular formula is C11H9ClFN5O3. The van der Waals surface area contributed by atoms with Crippen LogP contribution in [-0.2, 0) is 4.79 Å². The molecule has 1 unspecified atom stereocenters. The molecule has 0 aromatic heterocycles. The average molecular weight is 314 g/mol. The van der Waals surface area contributed by atoms with E-state index in [-0.39, 0.29) is 42.0 Å². The summed E-state index contributed by atoms with van der Waals surface area (Å²) in [6.45, 7) is 0.232. The van der Waals surface area contributed by atoms with Gasteiger partial charge in [-0.25, -0.2) is 4.39 Å². The minimum Gasteiger partial charge on any atom is -0.305 e. The topological polar surface area (TPSA) is 112 Å². The highest BCUT2D eigenvalue weighted by Crippen LogP contribution is 2.39. The molecule has 110 valence electrons. The number of anilines is 1. The van der Waals surface area contributed by atoms with Gasteiger partial charge < -0.3 is 4.90 Å². The quantitative estimate of drug-likeness (QED) is 0.280. The van der Waals surface area contributed by atoms with Crippen molar-refractivity contribution in [3.05, 3.63) is 43.5 Å². The molecule has 0 bridgehead atoms. The van der Waals surface area contributed by atoms with Crippen LogP contribution in [0, 0.1) is 21.8 Å². The molecule has 0 spiro atoms. The Labute approximate surface area is 122 Å². The summed E-state index contributed by atoms with van der Waals surface area (Å²) in [5, 5.41) is 14.2.